The van der Waals surface area contributed by atoms with E-state index < -0.39 is 10.0 Å². The Balaban J connectivity index is 0.00000364. The number of rotatable bonds is 9. The van der Waals surface area contributed by atoms with Gasteiger partial charge in [-0.3, -0.25) is 4.79 Å². The second kappa shape index (κ2) is 10.8. The standard InChI is InChI=1S/C18H27N3O4S.ClH/c1-3-10-21-26(23,24)16-6-4-15(5-7-16)17(22)20-13-18(14-25-2)8-11-19-12-9-18;/h3-7,19,21H,1,8-14H2,2H3,(H,20,22);1H. The molecule has 0 spiro atoms. The Hall–Kier alpha value is -1.45. The molecule has 1 amide bonds. The Kier molecular flexibility index (Phi) is 9.41. The first-order valence-corrected chi connectivity index (χ1v) is 10.1. The Bertz CT molecular complexity index is 711. The van der Waals surface area contributed by atoms with Crippen molar-refractivity contribution in [1.82, 2.24) is 15.4 Å². The lowest BCUT2D eigenvalue weighted by molar-refractivity contribution is 0.0511. The summed E-state index contributed by atoms with van der Waals surface area (Å²) in [5.41, 5.74) is 0.363. The van der Waals surface area contributed by atoms with E-state index in [0.29, 0.717) is 18.7 Å². The third-order valence-corrected chi connectivity index (χ3v) is 6.02. The molecule has 0 aromatic heterocycles. The van der Waals surface area contributed by atoms with Crippen molar-refractivity contribution in [2.45, 2.75) is 17.7 Å². The van der Waals surface area contributed by atoms with E-state index in [1.807, 2.05) is 0 Å². The molecule has 1 aromatic carbocycles. The molecule has 152 valence electrons. The zero-order chi connectivity index (χ0) is 19.0. The fourth-order valence-electron chi connectivity index (χ4n) is 3.04. The molecule has 1 heterocycles. The van der Waals surface area contributed by atoms with Crippen molar-refractivity contribution in [2.24, 2.45) is 5.41 Å². The van der Waals surface area contributed by atoms with Gasteiger partial charge in [0.25, 0.3) is 5.91 Å². The Morgan fingerprint density at radius 3 is 2.48 bits per heavy atom. The van der Waals surface area contributed by atoms with Gasteiger partial charge in [0.05, 0.1) is 11.5 Å². The minimum Gasteiger partial charge on any atom is -0.384 e. The summed E-state index contributed by atoms with van der Waals surface area (Å²) in [5.74, 6) is -0.220. The molecular formula is C18H28ClN3O4S. The highest BCUT2D eigenvalue weighted by Crippen LogP contribution is 2.28. The number of nitrogens with one attached hydrogen (secondary N) is 3. The molecule has 0 radical (unpaired) electrons. The van der Waals surface area contributed by atoms with E-state index in [2.05, 4.69) is 21.9 Å². The van der Waals surface area contributed by atoms with E-state index in [4.69, 9.17) is 4.74 Å². The van der Waals surface area contributed by atoms with Gasteiger partial charge < -0.3 is 15.4 Å². The summed E-state index contributed by atoms with van der Waals surface area (Å²) in [5, 5.41) is 6.28. The SMILES string of the molecule is C=CCNS(=O)(=O)c1ccc(C(=O)NCC2(COC)CCNCC2)cc1.Cl. The Labute approximate surface area is 167 Å². The van der Waals surface area contributed by atoms with E-state index in [9.17, 15) is 13.2 Å². The number of hydrogen-bond acceptors (Lipinski definition) is 5. The third kappa shape index (κ3) is 6.58. The first-order chi connectivity index (χ1) is 12.4. The first-order valence-electron chi connectivity index (χ1n) is 8.61. The lowest BCUT2D eigenvalue weighted by atomic mass is 9.79. The van der Waals surface area contributed by atoms with Crippen LogP contribution in [-0.2, 0) is 14.8 Å². The minimum absolute atomic E-state index is 0. The molecule has 0 saturated carbocycles. The fraction of sp³-hybridized carbons (Fsp3) is 0.500. The maximum absolute atomic E-state index is 12.4. The average molecular weight is 418 g/mol. The lowest BCUT2D eigenvalue weighted by Crippen LogP contribution is -2.47. The second-order valence-electron chi connectivity index (χ2n) is 6.53. The number of benzene rings is 1. The summed E-state index contributed by atoms with van der Waals surface area (Å²) >= 11 is 0. The van der Waals surface area contributed by atoms with Gasteiger partial charge in [0.15, 0.2) is 0 Å². The molecule has 1 aromatic rings. The van der Waals surface area contributed by atoms with Gasteiger partial charge in [-0.2, -0.15) is 0 Å². The summed E-state index contributed by atoms with van der Waals surface area (Å²) in [7, 11) is -1.92. The van der Waals surface area contributed by atoms with Gasteiger partial charge in [-0.15, -0.1) is 19.0 Å². The minimum atomic E-state index is -3.59. The molecule has 7 nitrogen and oxygen atoms in total. The molecule has 1 aliphatic heterocycles. The van der Waals surface area contributed by atoms with E-state index in [0.717, 1.165) is 25.9 Å². The average Bonchev–Trinajstić information content (AvgIpc) is 2.66. The lowest BCUT2D eigenvalue weighted by Gasteiger charge is -2.37. The van der Waals surface area contributed by atoms with Gasteiger partial charge in [0.2, 0.25) is 10.0 Å². The molecule has 3 N–H and O–H groups in total. The second-order valence-corrected chi connectivity index (χ2v) is 8.30. The van der Waals surface area contributed by atoms with Crippen LogP contribution in [0.4, 0.5) is 0 Å². The molecule has 0 unspecified atom stereocenters. The maximum atomic E-state index is 12.4. The highest BCUT2D eigenvalue weighted by atomic mass is 35.5. The van der Waals surface area contributed by atoms with Crippen molar-refractivity contribution in [2.75, 3.05) is 39.9 Å². The number of halogens is 1. The molecule has 1 fully saturated rings. The summed E-state index contributed by atoms with van der Waals surface area (Å²) in [6, 6.07) is 5.89. The van der Waals surface area contributed by atoms with Gasteiger partial charge in [-0.25, -0.2) is 13.1 Å². The molecule has 2 rings (SSSR count). The number of piperidine rings is 1. The van der Waals surface area contributed by atoms with Gasteiger partial charge >= 0.3 is 0 Å². The van der Waals surface area contributed by atoms with E-state index >= 15 is 0 Å². The zero-order valence-electron chi connectivity index (χ0n) is 15.5. The van der Waals surface area contributed by atoms with Crippen LogP contribution in [0, 0.1) is 5.41 Å². The summed E-state index contributed by atoms with van der Waals surface area (Å²) < 4.78 is 31.8. The predicted molar refractivity (Wildman–Crippen MR) is 108 cm³/mol. The van der Waals surface area contributed by atoms with Crippen molar-refractivity contribution >= 4 is 28.3 Å². The van der Waals surface area contributed by atoms with Crippen molar-refractivity contribution in [3.05, 3.63) is 42.5 Å². The summed E-state index contributed by atoms with van der Waals surface area (Å²) in [6.45, 7) is 6.57. The van der Waals surface area contributed by atoms with Gasteiger partial charge in [0, 0.05) is 31.2 Å². The number of amides is 1. The fourth-order valence-corrected chi connectivity index (χ4v) is 4.04. The van der Waals surface area contributed by atoms with Gasteiger partial charge in [0.1, 0.15) is 0 Å². The Morgan fingerprint density at radius 2 is 1.93 bits per heavy atom. The number of sulfonamides is 1. The molecule has 0 aliphatic carbocycles. The number of carbonyl (C=O) groups is 1. The monoisotopic (exact) mass is 417 g/mol. The van der Waals surface area contributed by atoms with Crippen molar-refractivity contribution in [3.8, 4) is 0 Å². The third-order valence-electron chi connectivity index (χ3n) is 4.58. The first kappa shape index (κ1) is 23.6. The number of carbonyl (C=O) groups excluding carboxylic acids is 1. The van der Waals surface area contributed by atoms with Crippen LogP contribution in [0.3, 0.4) is 0 Å². The number of methoxy groups -OCH3 is 1. The topological polar surface area (TPSA) is 96.5 Å². The molecule has 0 atom stereocenters. The highest BCUT2D eigenvalue weighted by Gasteiger charge is 2.32. The van der Waals surface area contributed by atoms with Crippen LogP contribution in [0.15, 0.2) is 41.8 Å². The van der Waals surface area contributed by atoms with Crippen LogP contribution in [0.5, 0.6) is 0 Å². The van der Waals surface area contributed by atoms with Crippen molar-refractivity contribution < 1.29 is 17.9 Å². The Morgan fingerprint density at radius 1 is 1.30 bits per heavy atom. The number of ether oxygens (including phenoxy) is 1. The van der Waals surface area contributed by atoms with Crippen LogP contribution in [0.1, 0.15) is 23.2 Å². The van der Waals surface area contributed by atoms with Crippen molar-refractivity contribution in [3.63, 3.8) is 0 Å². The van der Waals surface area contributed by atoms with Crippen LogP contribution < -0.4 is 15.4 Å². The quantitative estimate of drug-likeness (QED) is 0.526. The molecule has 9 heteroatoms. The van der Waals surface area contributed by atoms with E-state index in [-0.39, 0.29) is 35.2 Å². The van der Waals surface area contributed by atoms with Crippen LogP contribution in [-0.4, -0.2) is 54.2 Å². The smallest absolute Gasteiger partial charge is 0.251 e. The van der Waals surface area contributed by atoms with Crippen LogP contribution in [0.25, 0.3) is 0 Å². The van der Waals surface area contributed by atoms with E-state index in [1.54, 1.807) is 7.11 Å². The molecule has 1 aliphatic rings. The highest BCUT2D eigenvalue weighted by molar-refractivity contribution is 7.89. The summed E-state index contributed by atoms with van der Waals surface area (Å²) in [4.78, 5) is 12.5. The molecule has 0 bridgehead atoms. The predicted octanol–water partition coefficient (Wildman–Crippen LogP) is 1.32. The van der Waals surface area contributed by atoms with Crippen LogP contribution >= 0.6 is 12.4 Å². The maximum Gasteiger partial charge on any atom is 0.251 e. The van der Waals surface area contributed by atoms with Crippen molar-refractivity contribution in [1.29, 1.82) is 0 Å². The molecule has 27 heavy (non-hydrogen) atoms. The molecular weight excluding hydrogens is 390 g/mol. The summed E-state index contributed by atoms with van der Waals surface area (Å²) in [6.07, 6.45) is 3.34. The largest absolute Gasteiger partial charge is 0.384 e. The van der Waals surface area contributed by atoms with Gasteiger partial charge in [-0.05, 0) is 50.2 Å². The normalized spacial score (nSPS) is 16.2. The van der Waals surface area contributed by atoms with E-state index in [1.165, 1.54) is 30.3 Å². The number of hydrogen-bond donors (Lipinski definition) is 3. The zero-order valence-corrected chi connectivity index (χ0v) is 17.1. The van der Waals surface area contributed by atoms with Gasteiger partial charge in [-0.1, -0.05) is 6.08 Å². The van der Waals surface area contributed by atoms with Crippen LogP contribution in [0.2, 0.25) is 0 Å². The molecule has 1 saturated heterocycles.